The van der Waals surface area contributed by atoms with Crippen LogP contribution in [0.25, 0.3) is 0 Å². The molecule has 1 aliphatic heterocycles. The Labute approximate surface area is 50.8 Å². The molecule has 0 N–H and O–H groups in total. The van der Waals surface area contributed by atoms with Crippen LogP contribution in [0.1, 0.15) is 0 Å². The van der Waals surface area contributed by atoms with Crippen LogP contribution in [0.2, 0.25) is 0 Å². The maximum Gasteiger partial charge on any atom is 0.394 e. The van der Waals surface area contributed by atoms with Gasteiger partial charge in [0.1, 0.15) is 0 Å². The average Bonchev–Trinajstić information content (AvgIpc) is 2.08. The summed E-state index contributed by atoms with van der Waals surface area (Å²) in [5.41, 5.74) is 0. The van der Waals surface area contributed by atoms with Gasteiger partial charge in [-0.1, -0.05) is 0 Å². The second-order valence-electron chi connectivity index (χ2n) is 1.92. The number of ether oxygens (including phenoxy) is 1. The molecular formula is C5H6F3O. The van der Waals surface area contributed by atoms with E-state index >= 15 is 0 Å². The van der Waals surface area contributed by atoms with Gasteiger partial charge < -0.3 is 4.74 Å². The lowest BCUT2D eigenvalue weighted by molar-refractivity contribution is -0.166. The Morgan fingerprint density at radius 1 is 1.44 bits per heavy atom. The van der Waals surface area contributed by atoms with Crippen LogP contribution in [0.15, 0.2) is 0 Å². The lowest BCUT2D eigenvalue weighted by atomic mass is 10.1. The van der Waals surface area contributed by atoms with Crippen LogP contribution in [0.5, 0.6) is 0 Å². The first-order chi connectivity index (χ1) is 4.11. The summed E-state index contributed by atoms with van der Waals surface area (Å²) < 4.78 is 39.5. The molecule has 9 heavy (non-hydrogen) atoms. The molecule has 0 aromatic carbocycles. The molecular weight excluding hydrogens is 133 g/mol. The number of hydrogen-bond acceptors (Lipinski definition) is 1. The van der Waals surface area contributed by atoms with E-state index in [-0.39, 0.29) is 13.2 Å². The molecule has 0 spiro atoms. The molecule has 0 aromatic heterocycles. The molecule has 1 heterocycles. The van der Waals surface area contributed by atoms with Gasteiger partial charge in [0.15, 0.2) is 0 Å². The largest absolute Gasteiger partial charge is 0.394 e. The summed E-state index contributed by atoms with van der Waals surface area (Å²) in [6.45, 7) is -0.0757. The van der Waals surface area contributed by atoms with Crippen molar-refractivity contribution in [1.29, 1.82) is 0 Å². The highest BCUT2D eigenvalue weighted by molar-refractivity contribution is 4.86. The number of alkyl halides is 3. The zero-order valence-electron chi connectivity index (χ0n) is 4.61. The third-order valence-electron chi connectivity index (χ3n) is 1.22. The van der Waals surface area contributed by atoms with Gasteiger partial charge in [-0.25, -0.2) is 0 Å². The van der Waals surface area contributed by atoms with E-state index < -0.39 is 12.1 Å². The van der Waals surface area contributed by atoms with Gasteiger partial charge in [0, 0.05) is 6.42 Å². The number of halogens is 3. The highest BCUT2D eigenvalue weighted by Gasteiger charge is 2.41. The molecule has 0 amide bonds. The molecule has 0 aliphatic carbocycles. The summed E-state index contributed by atoms with van der Waals surface area (Å²) >= 11 is 0. The molecule has 1 unspecified atom stereocenters. The summed E-state index contributed by atoms with van der Waals surface area (Å²) in [5, 5.41) is 0. The highest BCUT2D eigenvalue weighted by Crippen LogP contribution is 2.31. The SMILES string of the molecule is FC(F)(F)C1[CH]COC1. The topological polar surface area (TPSA) is 9.23 Å². The van der Waals surface area contributed by atoms with E-state index in [2.05, 4.69) is 4.74 Å². The van der Waals surface area contributed by atoms with Gasteiger partial charge >= 0.3 is 6.18 Å². The summed E-state index contributed by atoms with van der Waals surface area (Å²) in [7, 11) is 0. The van der Waals surface area contributed by atoms with Crippen molar-refractivity contribution in [3.05, 3.63) is 6.42 Å². The van der Waals surface area contributed by atoms with Crippen LogP contribution < -0.4 is 0 Å². The van der Waals surface area contributed by atoms with Crippen molar-refractivity contribution in [2.45, 2.75) is 6.18 Å². The van der Waals surface area contributed by atoms with Gasteiger partial charge in [-0.05, 0) is 0 Å². The van der Waals surface area contributed by atoms with Crippen molar-refractivity contribution in [2.75, 3.05) is 13.2 Å². The van der Waals surface area contributed by atoms with E-state index in [1.807, 2.05) is 0 Å². The zero-order valence-corrected chi connectivity index (χ0v) is 4.61. The molecule has 0 aromatic rings. The minimum Gasteiger partial charge on any atom is -0.380 e. The summed E-state index contributed by atoms with van der Waals surface area (Å²) in [6.07, 6.45) is -2.96. The predicted molar refractivity (Wildman–Crippen MR) is 24.7 cm³/mol. The van der Waals surface area contributed by atoms with E-state index in [1.54, 1.807) is 0 Å². The Morgan fingerprint density at radius 3 is 2.33 bits per heavy atom. The number of rotatable bonds is 0. The summed E-state index contributed by atoms with van der Waals surface area (Å²) in [6, 6.07) is 0. The maximum absolute atomic E-state index is 11.6. The molecule has 1 aliphatic rings. The molecule has 1 fully saturated rings. The Kier molecular flexibility index (Phi) is 1.66. The van der Waals surface area contributed by atoms with Gasteiger partial charge in [0.05, 0.1) is 19.1 Å². The van der Waals surface area contributed by atoms with Crippen molar-refractivity contribution in [3.63, 3.8) is 0 Å². The standard InChI is InChI=1S/C5H6F3O/c6-5(7,8)4-1-2-9-3-4/h1,4H,2-3H2. The first-order valence-electron chi connectivity index (χ1n) is 2.58. The van der Waals surface area contributed by atoms with E-state index in [9.17, 15) is 13.2 Å². The van der Waals surface area contributed by atoms with Crippen LogP contribution in [-0.2, 0) is 4.74 Å². The molecule has 4 heteroatoms. The second kappa shape index (κ2) is 2.17. The van der Waals surface area contributed by atoms with Gasteiger partial charge in [-0.2, -0.15) is 13.2 Å². The van der Waals surface area contributed by atoms with Crippen molar-refractivity contribution in [2.24, 2.45) is 5.92 Å². The molecule has 53 valence electrons. The normalized spacial score (nSPS) is 29.0. The van der Waals surface area contributed by atoms with Gasteiger partial charge in [0.2, 0.25) is 0 Å². The molecule has 1 radical (unpaired) electrons. The molecule has 1 nitrogen and oxygen atoms in total. The molecule has 0 bridgehead atoms. The van der Waals surface area contributed by atoms with Gasteiger partial charge in [-0.15, -0.1) is 0 Å². The predicted octanol–water partition coefficient (Wildman–Crippen LogP) is 1.40. The third-order valence-corrected chi connectivity index (χ3v) is 1.22. The Balaban J connectivity index is 2.42. The van der Waals surface area contributed by atoms with Crippen molar-refractivity contribution in [3.8, 4) is 0 Å². The minimum atomic E-state index is -4.10. The fraction of sp³-hybridized carbons (Fsp3) is 0.800. The Bertz CT molecular complexity index is 92.9. The van der Waals surface area contributed by atoms with Gasteiger partial charge in [-0.3, -0.25) is 0 Å². The minimum absolute atomic E-state index is 0.129. The van der Waals surface area contributed by atoms with Crippen LogP contribution in [0.3, 0.4) is 0 Å². The van der Waals surface area contributed by atoms with Crippen molar-refractivity contribution >= 4 is 0 Å². The zero-order chi connectivity index (χ0) is 6.91. The smallest absolute Gasteiger partial charge is 0.380 e. The van der Waals surface area contributed by atoms with Crippen molar-refractivity contribution in [1.82, 2.24) is 0 Å². The van der Waals surface area contributed by atoms with E-state index in [1.165, 1.54) is 0 Å². The lowest BCUT2D eigenvalue weighted by Gasteiger charge is -2.10. The van der Waals surface area contributed by atoms with Gasteiger partial charge in [0.25, 0.3) is 0 Å². The quantitative estimate of drug-likeness (QED) is 0.493. The van der Waals surface area contributed by atoms with Crippen LogP contribution in [0.4, 0.5) is 13.2 Å². The molecule has 1 rings (SSSR count). The van der Waals surface area contributed by atoms with E-state index in [4.69, 9.17) is 0 Å². The molecule has 1 saturated heterocycles. The summed E-state index contributed by atoms with van der Waals surface area (Å²) in [4.78, 5) is 0. The summed E-state index contributed by atoms with van der Waals surface area (Å²) in [5.74, 6) is -1.34. The first kappa shape index (κ1) is 6.86. The van der Waals surface area contributed by atoms with Crippen LogP contribution in [-0.4, -0.2) is 19.4 Å². The Morgan fingerprint density at radius 2 is 2.11 bits per heavy atom. The van der Waals surface area contributed by atoms with E-state index in [0.717, 1.165) is 6.42 Å². The maximum atomic E-state index is 11.6. The molecule has 1 atom stereocenters. The lowest BCUT2D eigenvalue weighted by Crippen LogP contribution is -2.22. The fourth-order valence-electron chi connectivity index (χ4n) is 0.675. The van der Waals surface area contributed by atoms with Crippen LogP contribution >= 0.6 is 0 Å². The number of hydrogen-bond donors (Lipinski definition) is 0. The average molecular weight is 139 g/mol. The highest BCUT2D eigenvalue weighted by atomic mass is 19.4. The Hall–Kier alpha value is -0.250. The third kappa shape index (κ3) is 1.58. The monoisotopic (exact) mass is 139 g/mol. The van der Waals surface area contributed by atoms with Crippen molar-refractivity contribution < 1.29 is 17.9 Å². The van der Waals surface area contributed by atoms with Crippen LogP contribution in [0, 0.1) is 12.3 Å². The van der Waals surface area contributed by atoms with E-state index in [0.29, 0.717) is 0 Å². The second-order valence-corrected chi connectivity index (χ2v) is 1.92. The first-order valence-corrected chi connectivity index (χ1v) is 2.58. The molecule has 0 saturated carbocycles. The fourth-order valence-corrected chi connectivity index (χ4v) is 0.675.